The third-order valence-electron chi connectivity index (χ3n) is 3.69. The van der Waals surface area contributed by atoms with Gasteiger partial charge in [-0.25, -0.2) is 0 Å². The second-order valence-corrected chi connectivity index (χ2v) is 6.19. The van der Waals surface area contributed by atoms with Crippen LogP contribution < -0.4 is 9.47 Å². The second-order valence-electron chi connectivity index (χ2n) is 5.19. The number of carbonyl (C=O) groups is 1. The summed E-state index contributed by atoms with van der Waals surface area (Å²) >= 11 is 1.66. The van der Waals surface area contributed by atoms with Crippen LogP contribution in [0.4, 0.5) is 0 Å². The van der Waals surface area contributed by atoms with Crippen LogP contribution in [-0.4, -0.2) is 32.1 Å². The molecular formula is C17H21NO3S. The zero-order valence-corrected chi connectivity index (χ0v) is 14.4. The number of amides is 1. The minimum atomic E-state index is -0.0515. The van der Waals surface area contributed by atoms with E-state index in [4.69, 9.17) is 9.47 Å². The van der Waals surface area contributed by atoms with Crippen molar-refractivity contribution in [2.45, 2.75) is 20.4 Å². The maximum Gasteiger partial charge on any atom is 0.254 e. The molecule has 1 amide bonds. The van der Waals surface area contributed by atoms with Gasteiger partial charge < -0.3 is 14.4 Å². The Morgan fingerprint density at radius 1 is 1.18 bits per heavy atom. The molecule has 0 saturated heterocycles. The molecular weight excluding hydrogens is 298 g/mol. The third kappa shape index (κ3) is 3.25. The van der Waals surface area contributed by atoms with Gasteiger partial charge in [0.1, 0.15) is 11.5 Å². The Morgan fingerprint density at radius 3 is 2.23 bits per heavy atom. The predicted molar refractivity (Wildman–Crippen MR) is 89.1 cm³/mol. The summed E-state index contributed by atoms with van der Waals surface area (Å²) in [5.74, 6) is 1.26. The minimum absolute atomic E-state index is 0.0515. The molecule has 0 radical (unpaired) electrons. The van der Waals surface area contributed by atoms with Crippen LogP contribution in [0.25, 0.3) is 0 Å². The van der Waals surface area contributed by atoms with Crippen molar-refractivity contribution in [3.63, 3.8) is 0 Å². The summed E-state index contributed by atoms with van der Waals surface area (Å²) in [6.07, 6.45) is 0. The highest BCUT2D eigenvalue weighted by molar-refractivity contribution is 7.10. The molecule has 0 N–H and O–H groups in total. The number of carbonyl (C=O) groups excluding carboxylic acids is 1. The van der Waals surface area contributed by atoms with Crippen molar-refractivity contribution in [1.29, 1.82) is 0 Å². The van der Waals surface area contributed by atoms with E-state index in [1.54, 1.807) is 49.6 Å². The summed E-state index contributed by atoms with van der Waals surface area (Å²) in [4.78, 5) is 15.6. The lowest BCUT2D eigenvalue weighted by molar-refractivity contribution is 0.0785. The Morgan fingerprint density at radius 2 is 1.77 bits per heavy atom. The lowest BCUT2D eigenvalue weighted by atomic mass is 10.1. The Bertz CT molecular complexity index is 653. The lowest BCUT2D eigenvalue weighted by Crippen LogP contribution is -2.26. The van der Waals surface area contributed by atoms with Gasteiger partial charge in [0.2, 0.25) is 0 Å². The van der Waals surface area contributed by atoms with Crippen LogP contribution in [0, 0.1) is 13.8 Å². The number of benzene rings is 1. The first-order valence-electron chi connectivity index (χ1n) is 6.99. The zero-order chi connectivity index (χ0) is 16.3. The van der Waals surface area contributed by atoms with Gasteiger partial charge >= 0.3 is 0 Å². The van der Waals surface area contributed by atoms with Crippen LogP contribution >= 0.6 is 11.3 Å². The summed E-state index contributed by atoms with van der Waals surface area (Å²) in [6, 6.07) is 5.59. The molecule has 2 rings (SSSR count). The van der Waals surface area contributed by atoms with Gasteiger partial charge in [-0.15, -0.1) is 11.3 Å². The molecule has 0 unspecified atom stereocenters. The van der Waals surface area contributed by atoms with Gasteiger partial charge in [0.15, 0.2) is 0 Å². The van der Waals surface area contributed by atoms with E-state index in [2.05, 4.69) is 13.0 Å². The maximum atomic E-state index is 12.6. The minimum Gasteiger partial charge on any atom is -0.496 e. The third-order valence-corrected chi connectivity index (χ3v) is 4.70. The second kappa shape index (κ2) is 6.83. The smallest absolute Gasteiger partial charge is 0.254 e. The van der Waals surface area contributed by atoms with Gasteiger partial charge in [0.05, 0.1) is 20.8 Å². The fourth-order valence-electron chi connectivity index (χ4n) is 2.28. The summed E-state index contributed by atoms with van der Waals surface area (Å²) < 4.78 is 10.7. The van der Waals surface area contributed by atoms with E-state index in [9.17, 15) is 4.79 Å². The topological polar surface area (TPSA) is 38.8 Å². The summed E-state index contributed by atoms with van der Waals surface area (Å²) in [5.41, 5.74) is 2.66. The molecule has 1 heterocycles. The molecule has 0 atom stereocenters. The highest BCUT2D eigenvalue weighted by atomic mass is 32.1. The van der Waals surface area contributed by atoms with Crippen LogP contribution in [-0.2, 0) is 6.54 Å². The zero-order valence-electron chi connectivity index (χ0n) is 13.6. The lowest BCUT2D eigenvalue weighted by Gasteiger charge is -2.19. The van der Waals surface area contributed by atoms with Crippen LogP contribution in [0.5, 0.6) is 11.5 Å². The standard InChI is InChI=1S/C17H21NO3S/c1-11-6-7-22-16(11)10-18(3)17(19)13-8-14(20-4)12(2)15(9-13)21-5/h6-9H,10H2,1-5H3. The van der Waals surface area contributed by atoms with Crippen molar-refractivity contribution in [3.8, 4) is 11.5 Å². The average molecular weight is 319 g/mol. The highest BCUT2D eigenvalue weighted by Crippen LogP contribution is 2.30. The van der Waals surface area contributed by atoms with Crippen LogP contribution in [0.2, 0.25) is 0 Å². The maximum absolute atomic E-state index is 12.6. The van der Waals surface area contributed by atoms with Crippen molar-refractivity contribution >= 4 is 17.2 Å². The molecule has 22 heavy (non-hydrogen) atoms. The number of methoxy groups -OCH3 is 2. The van der Waals surface area contributed by atoms with Crippen LogP contribution in [0.15, 0.2) is 23.6 Å². The van der Waals surface area contributed by atoms with Gasteiger partial charge in [0, 0.05) is 23.1 Å². The molecule has 1 aromatic heterocycles. The van der Waals surface area contributed by atoms with Crippen LogP contribution in [0.3, 0.4) is 0 Å². The SMILES string of the molecule is COc1cc(C(=O)N(C)Cc2sccc2C)cc(OC)c1C. The highest BCUT2D eigenvalue weighted by Gasteiger charge is 2.17. The largest absolute Gasteiger partial charge is 0.496 e. The first-order chi connectivity index (χ1) is 10.5. The molecule has 118 valence electrons. The van der Waals surface area contributed by atoms with Gasteiger partial charge in [-0.3, -0.25) is 4.79 Å². The molecule has 4 nitrogen and oxygen atoms in total. The average Bonchev–Trinajstić information content (AvgIpc) is 2.91. The number of hydrogen-bond donors (Lipinski definition) is 0. The van der Waals surface area contributed by atoms with E-state index < -0.39 is 0 Å². The molecule has 0 bridgehead atoms. The fraction of sp³-hybridized carbons (Fsp3) is 0.353. The quantitative estimate of drug-likeness (QED) is 0.844. The number of ether oxygens (including phenoxy) is 2. The van der Waals surface area contributed by atoms with E-state index in [1.807, 2.05) is 12.3 Å². The van der Waals surface area contributed by atoms with E-state index in [0.717, 1.165) is 5.56 Å². The van der Waals surface area contributed by atoms with Crippen LogP contribution in [0.1, 0.15) is 26.4 Å². The molecule has 0 saturated carbocycles. The Hall–Kier alpha value is -2.01. The number of hydrogen-bond acceptors (Lipinski definition) is 4. The molecule has 0 aliphatic carbocycles. The molecule has 0 spiro atoms. The monoisotopic (exact) mass is 319 g/mol. The van der Waals surface area contributed by atoms with Gasteiger partial charge in [0.25, 0.3) is 5.91 Å². The van der Waals surface area contributed by atoms with E-state index >= 15 is 0 Å². The van der Waals surface area contributed by atoms with E-state index in [0.29, 0.717) is 23.6 Å². The molecule has 2 aromatic rings. The van der Waals surface area contributed by atoms with Crippen molar-refractivity contribution in [1.82, 2.24) is 4.90 Å². The first-order valence-corrected chi connectivity index (χ1v) is 7.87. The van der Waals surface area contributed by atoms with Crippen molar-refractivity contribution in [2.24, 2.45) is 0 Å². The Balaban J connectivity index is 2.27. The molecule has 1 aromatic carbocycles. The van der Waals surface area contributed by atoms with E-state index in [1.165, 1.54) is 10.4 Å². The first kappa shape index (κ1) is 16.4. The van der Waals surface area contributed by atoms with Gasteiger partial charge in [-0.2, -0.15) is 0 Å². The van der Waals surface area contributed by atoms with Crippen molar-refractivity contribution in [3.05, 3.63) is 45.1 Å². The number of thiophene rings is 1. The molecule has 0 aliphatic heterocycles. The molecule has 0 aliphatic rings. The Labute approximate surface area is 135 Å². The Kier molecular flexibility index (Phi) is 5.08. The summed E-state index contributed by atoms with van der Waals surface area (Å²) in [7, 11) is 4.99. The van der Waals surface area contributed by atoms with Crippen molar-refractivity contribution < 1.29 is 14.3 Å². The molecule has 0 fully saturated rings. The fourth-order valence-corrected chi connectivity index (χ4v) is 3.24. The number of nitrogens with zero attached hydrogens (tertiary/aromatic N) is 1. The number of rotatable bonds is 5. The normalized spacial score (nSPS) is 10.4. The number of aryl methyl sites for hydroxylation is 1. The van der Waals surface area contributed by atoms with Gasteiger partial charge in [-0.05, 0) is 43.0 Å². The predicted octanol–water partition coefficient (Wildman–Crippen LogP) is 3.65. The summed E-state index contributed by atoms with van der Waals surface area (Å²) in [6.45, 7) is 4.56. The molecule has 5 heteroatoms. The summed E-state index contributed by atoms with van der Waals surface area (Å²) in [5, 5.41) is 2.04. The van der Waals surface area contributed by atoms with E-state index in [-0.39, 0.29) is 5.91 Å². The van der Waals surface area contributed by atoms with Gasteiger partial charge in [-0.1, -0.05) is 0 Å². The van der Waals surface area contributed by atoms with Crippen molar-refractivity contribution in [2.75, 3.05) is 21.3 Å².